The van der Waals surface area contributed by atoms with E-state index < -0.39 is 26.3 Å². The van der Waals surface area contributed by atoms with Gasteiger partial charge in [0.25, 0.3) is 0 Å². The molecule has 0 aliphatic carbocycles. The van der Waals surface area contributed by atoms with Gasteiger partial charge in [-0.3, -0.25) is 0 Å². The Labute approximate surface area is 105 Å². The van der Waals surface area contributed by atoms with Crippen LogP contribution in [0.4, 0.5) is 13.2 Å². The zero-order chi connectivity index (χ0) is 13.9. The van der Waals surface area contributed by atoms with E-state index in [-0.39, 0.29) is 11.3 Å². The zero-order valence-corrected chi connectivity index (χ0v) is 11.6. The summed E-state index contributed by atoms with van der Waals surface area (Å²) in [6.07, 6.45) is -0.271. The first-order valence-corrected chi connectivity index (χ1v) is 7.02. The Kier molecular flexibility index (Phi) is 4.91. The molecule has 7 heteroatoms. The van der Waals surface area contributed by atoms with Crippen LogP contribution in [0.2, 0.25) is 0 Å². The Morgan fingerprint density at radius 3 is 1.78 bits per heavy atom. The Morgan fingerprint density at radius 1 is 1.00 bits per heavy atom. The third kappa shape index (κ3) is 2.92. The molecule has 0 N–H and O–H groups in total. The Balaban J connectivity index is 3.29. The van der Waals surface area contributed by atoms with E-state index in [4.69, 9.17) is 13.3 Å². The Bertz CT molecular complexity index is 399. The molecule has 0 amide bonds. The largest absolute Gasteiger partial charge is 0.537 e. The average molecular weight is 280 g/mol. The van der Waals surface area contributed by atoms with Crippen LogP contribution in [0, 0.1) is 17.5 Å². The standard InChI is InChI=1S/C11H15F3O3Si/c1-7(2)17-18(15-3,16-4)8-5-9(12)11(14)10(13)6-8/h5-7H,1-4H3. The van der Waals surface area contributed by atoms with E-state index >= 15 is 0 Å². The lowest BCUT2D eigenvalue weighted by Crippen LogP contribution is -2.57. The lowest BCUT2D eigenvalue weighted by Gasteiger charge is -2.28. The first-order chi connectivity index (χ1) is 8.36. The minimum Gasteiger partial charge on any atom is -0.373 e. The van der Waals surface area contributed by atoms with Crippen LogP contribution in [-0.2, 0) is 13.3 Å². The molecular weight excluding hydrogens is 265 g/mol. The molecule has 0 fully saturated rings. The molecule has 0 atom stereocenters. The monoisotopic (exact) mass is 280 g/mol. The van der Waals surface area contributed by atoms with Crippen molar-refractivity contribution in [2.45, 2.75) is 20.0 Å². The van der Waals surface area contributed by atoms with E-state index in [0.717, 1.165) is 12.1 Å². The Hall–Kier alpha value is -0.893. The number of hydrogen-bond donors (Lipinski definition) is 0. The van der Waals surface area contributed by atoms with Crippen molar-refractivity contribution in [2.75, 3.05) is 14.2 Å². The van der Waals surface area contributed by atoms with Gasteiger partial charge in [-0.25, -0.2) is 13.2 Å². The van der Waals surface area contributed by atoms with Crippen molar-refractivity contribution in [3.63, 3.8) is 0 Å². The number of benzene rings is 1. The van der Waals surface area contributed by atoms with Gasteiger partial charge in [0.05, 0.1) is 0 Å². The summed E-state index contributed by atoms with van der Waals surface area (Å²) in [4.78, 5) is 0. The molecule has 0 saturated heterocycles. The topological polar surface area (TPSA) is 27.7 Å². The summed E-state index contributed by atoms with van der Waals surface area (Å²) in [5, 5.41) is 0.0394. The summed E-state index contributed by atoms with van der Waals surface area (Å²) in [6, 6.07) is 1.67. The molecule has 1 aromatic rings. The highest BCUT2D eigenvalue weighted by Gasteiger charge is 2.44. The summed E-state index contributed by atoms with van der Waals surface area (Å²) < 4.78 is 55.2. The summed E-state index contributed by atoms with van der Waals surface area (Å²) in [7, 11) is -0.782. The minimum atomic E-state index is -3.41. The molecule has 0 bridgehead atoms. The molecule has 3 nitrogen and oxygen atoms in total. The van der Waals surface area contributed by atoms with Gasteiger partial charge in [0.15, 0.2) is 17.5 Å². The lowest BCUT2D eigenvalue weighted by atomic mass is 10.3. The highest BCUT2D eigenvalue weighted by atomic mass is 28.4. The lowest BCUT2D eigenvalue weighted by molar-refractivity contribution is 0.0836. The van der Waals surface area contributed by atoms with E-state index in [1.165, 1.54) is 14.2 Å². The predicted octanol–water partition coefficient (Wildman–Crippen LogP) is 1.97. The van der Waals surface area contributed by atoms with Gasteiger partial charge < -0.3 is 13.3 Å². The van der Waals surface area contributed by atoms with E-state index in [0.29, 0.717) is 0 Å². The molecular formula is C11H15F3O3Si. The molecule has 0 unspecified atom stereocenters. The fourth-order valence-electron chi connectivity index (χ4n) is 1.53. The van der Waals surface area contributed by atoms with Crippen molar-refractivity contribution in [1.29, 1.82) is 0 Å². The van der Waals surface area contributed by atoms with Crippen molar-refractivity contribution in [3.8, 4) is 0 Å². The molecule has 0 heterocycles. The SMILES string of the molecule is CO[Si](OC)(OC(C)C)c1cc(F)c(F)c(F)c1. The molecule has 0 aromatic heterocycles. The predicted molar refractivity (Wildman–Crippen MR) is 61.9 cm³/mol. The van der Waals surface area contributed by atoms with E-state index in [2.05, 4.69) is 0 Å². The molecule has 0 aliphatic rings. The maximum absolute atomic E-state index is 13.2. The fraction of sp³-hybridized carbons (Fsp3) is 0.455. The van der Waals surface area contributed by atoms with Gasteiger partial charge in [-0.1, -0.05) is 0 Å². The molecule has 0 saturated carbocycles. The van der Waals surface area contributed by atoms with Crippen molar-refractivity contribution in [1.82, 2.24) is 0 Å². The molecule has 102 valence electrons. The second-order valence-electron chi connectivity index (χ2n) is 3.88. The third-order valence-corrected chi connectivity index (χ3v) is 5.12. The van der Waals surface area contributed by atoms with Crippen LogP contribution in [-0.4, -0.2) is 29.1 Å². The van der Waals surface area contributed by atoms with Gasteiger partial charge >= 0.3 is 8.80 Å². The van der Waals surface area contributed by atoms with E-state index in [1.807, 2.05) is 0 Å². The zero-order valence-electron chi connectivity index (χ0n) is 10.6. The normalized spacial score (nSPS) is 12.2. The number of hydrogen-bond acceptors (Lipinski definition) is 3. The van der Waals surface area contributed by atoms with Crippen molar-refractivity contribution in [3.05, 3.63) is 29.6 Å². The van der Waals surface area contributed by atoms with Crippen molar-refractivity contribution >= 4 is 14.0 Å². The van der Waals surface area contributed by atoms with Crippen molar-refractivity contribution < 1.29 is 26.4 Å². The van der Waals surface area contributed by atoms with Gasteiger partial charge in [-0.2, -0.15) is 0 Å². The summed E-state index contributed by atoms with van der Waals surface area (Å²) in [5.74, 6) is -4.13. The smallest absolute Gasteiger partial charge is 0.373 e. The van der Waals surface area contributed by atoms with Gasteiger partial charge in [0.1, 0.15) is 0 Å². The molecule has 0 spiro atoms. The molecule has 0 radical (unpaired) electrons. The van der Waals surface area contributed by atoms with E-state index in [9.17, 15) is 13.2 Å². The summed E-state index contributed by atoms with van der Waals surface area (Å²) in [6.45, 7) is 3.46. The van der Waals surface area contributed by atoms with Crippen LogP contribution in [0.5, 0.6) is 0 Å². The summed E-state index contributed by atoms with van der Waals surface area (Å²) in [5.41, 5.74) is 0. The first kappa shape index (κ1) is 15.2. The van der Waals surface area contributed by atoms with Crippen LogP contribution >= 0.6 is 0 Å². The van der Waals surface area contributed by atoms with Crippen LogP contribution < -0.4 is 5.19 Å². The minimum absolute atomic E-state index is 0.0394. The van der Waals surface area contributed by atoms with Crippen LogP contribution in [0.1, 0.15) is 13.8 Å². The Morgan fingerprint density at radius 2 is 1.44 bits per heavy atom. The molecule has 0 aliphatic heterocycles. The first-order valence-electron chi connectivity index (χ1n) is 5.29. The maximum Gasteiger partial charge on any atom is 0.537 e. The highest BCUT2D eigenvalue weighted by molar-refractivity contribution is 6.75. The summed E-state index contributed by atoms with van der Waals surface area (Å²) >= 11 is 0. The van der Waals surface area contributed by atoms with Crippen LogP contribution in [0.3, 0.4) is 0 Å². The quantitative estimate of drug-likeness (QED) is 0.609. The van der Waals surface area contributed by atoms with E-state index in [1.54, 1.807) is 13.8 Å². The highest BCUT2D eigenvalue weighted by Crippen LogP contribution is 2.15. The fourth-order valence-corrected chi connectivity index (χ4v) is 3.72. The second-order valence-corrected chi connectivity index (χ2v) is 6.63. The van der Waals surface area contributed by atoms with Gasteiger partial charge in [-0.05, 0) is 26.0 Å². The number of rotatable bonds is 5. The van der Waals surface area contributed by atoms with Crippen LogP contribution in [0.25, 0.3) is 0 Å². The molecule has 1 rings (SSSR count). The molecule has 1 aromatic carbocycles. The molecule has 18 heavy (non-hydrogen) atoms. The maximum atomic E-state index is 13.2. The van der Waals surface area contributed by atoms with Crippen molar-refractivity contribution in [2.24, 2.45) is 0 Å². The third-order valence-electron chi connectivity index (χ3n) is 2.27. The van der Waals surface area contributed by atoms with Gasteiger partial charge in [0.2, 0.25) is 0 Å². The number of halogens is 3. The second kappa shape index (κ2) is 5.83. The van der Waals surface area contributed by atoms with Gasteiger partial charge in [-0.15, -0.1) is 0 Å². The van der Waals surface area contributed by atoms with Gasteiger partial charge in [0, 0.05) is 25.5 Å². The average Bonchev–Trinajstić information content (AvgIpc) is 2.32. The van der Waals surface area contributed by atoms with Crippen LogP contribution in [0.15, 0.2) is 12.1 Å².